The third kappa shape index (κ3) is 2.87. The topological polar surface area (TPSA) is 81.2 Å². The number of halogens is 1. The van der Waals surface area contributed by atoms with E-state index in [1.54, 1.807) is 30.3 Å². The molecule has 1 aromatic rings. The lowest BCUT2D eigenvalue weighted by atomic mass is 10.2. The number of urea groups is 1. The Morgan fingerprint density at radius 2 is 1.91 bits per heavy atom. The van der Waals surface area contributed by atoms with Crippen LogP contribution in [-0.4, -0.2) is 63.5 Å². The Labute approximate surface area is 137 Å². The van der Waals surface area contributed by atoms with Crippen LogP contribution < -0.4 is 0 Å². The van der Waals surface area contributed by atoms with E-state index >= 15 is 0 Å². The minimum atomic E-state index is -1.08. The molecule has 120 valence electrons. The summed E-state index contributed by atoms with van der Waals surface area (Å²) in [5.74, 6) is -0.411. The van der Waals surface area contributed by atoms with E-state index in [0.717, 1.165) is 15.4 Å². The predicted octanol–water partition coefficient (Wildman–Crippen LogP) is 1.94. The van der Waals surface area contributed by atoms with Gasteiger partial charge in [-0.2, -0.15) is 0 Å². The van der Waals surface area contributed by atoms with Crippen molar-refractivity contribution in [3.05, 3.63) is 41.1 Å². The number of piperazine rings is 1. The van der Waals surface area contributed by atoms with Crippen molar-refractivity contribution >= 4 is 35.7 Å². The Bertz CT molecular complexity index is 688. The minimum absolute atomic E-state index is 0.00515. The van der Waals surface area contributed by atoms with E-state index in [1.807, 2.05) is 0 Å². The molecule has 1 atom stereocenters. The van der Waals surface area contributed by atoms with Crippen LogP contribution in [0.15, 0.2) is 30.5 Å². The maximum atomic E-state index is 12.4. The zero-order chi connectivity index (χ0) is 16.6. The average molecular weight is 336 g/mol. The Kier molecular flexibility index (Phi) is 3.96. The number of imide groups is 1. The van der Waals surface area contributed by atoms with Crippen LogP contribution in [0, 0.1) is 0 Å². The van der Waals surface area contributed by atoms with Crippen molar-refractivity contribution in [1.82, 2.24) is 14.7 Å². The van der Waals surface area contributed by atoms with E-state index in [1.165, 1.54) is 11.1 Å². The molecule has 4 amide bonds. The summed E-state index contributed by atoms with van der Waals surface area (Å²) in [5, 5.41) is 9.62. The lowest BCUT2D eigenvalue weighted by Gasteiger charge is -2.33. The van der Waals surface area contributed by atoms with Crippen LogP contribution in [0.1, 0.15) is 5.56 Å². The van der Waals surface area contributed by atoms with Crippen molar-refractivity contribution in [2.75, 3.05) is 19.6 Å². The number of nitrogens with zero attached hydrogens (tertiary/aromatic N) is 3. The van der Waals surface area contributed by atoms with Crippen molar-refractivity contribution in [3.8, 4) is 0 Å². The lowest BCUT2D eigenvalue weighted by Crippen LogP contribution is -2.54. The molecule has 0 aliphatic carbocycles. The molecule has 1 aromatic carbocycles. The highest BCUT2D eigenvalue weighted by Gasteiger charge is 2.47. The van der Waals surface area contributed by atoms with E-state index in [2.05, 4.69) is 0 Å². The maximum Gasteiger partial charge on any atom is 0.407 e. The van der Waals surface area contributed by atoms with Gasteiger partial charge in [0.05, 0.1) is 6.54 Å². The highest BCUT2D eigenvalue weighted by atomic mass is 35.5. The van der Waals surface area contributed by atoms with Gasteiger partial charge in [0.1, 0.15) is 6.04 Å². The third-order valence-electron chi connectivity index (χ3n) is 3.91. The number of benzene rings is 1. The molecule has 3 rings (SSSR count). The number of fused-ring (bicyclic) bond motifs is 1. The molecule has 0 unspecified atom stereocenters. The summed E-state index contributed by atoms with van der Waals surface area (Å²) < 4.78 is 0. The second kappa shape index (κ2) is 5.92. The van der Waals surface area contributed by atoms with Crippen molar-refractivity contribution in [2.24, 2.45) is 0 Å². The monoisotopic (exact) mass is 335 g/mol. The zero-order valence-electron chi connectivity index (χ0n) is 12.1. The number of hydrogen-bond donors (Lipinski definition) is 1. The number of carbonyl (C=O) groups is 3. The summed E-state index contributed by atoms with van der Waals surface area (Å²) in [5.41, 5.74) is 0.798. The minimum Gasteiger partial charge on any atom is -0.465 e. The molecule has 0 radical (unpaired) electrons. The number of hydrogen-bond acceptors (Lipinski definition) is 3. The largest absolute Gasteiger partial charge is 0.465 e. The summed E-state index contributed by atoms with van der Waals surface area (Å²) in [6.45, 7) is 0.428. The van der Waals surface area contributed by atoms with Gasteiger partial charge in [-0.25, -0.2) is 14.5 Å². The maximum absolute atomic E-state index is 12.4. The van der Waals surface area contributed by atoms with Gasteiger partial charge in [0.2, 0.25) is 0 Å². The van der Waals surface area contributed by atoms with E-state index in [4.69, 9.17) is 16.7 Å². The number of rotatable bonds is 2. The molecule has 7 nitrogen and oxygen atoms in total. The van der Waals surface area contributed by atoms with Crippen LogP contribution in [0.3, 0.4) is 0 Å². The molecule has 2 saturated heterocycles. The van der Waals surface area contributed by atoms with Crippen molar-refractivity contribution in [3.63, 3.8) is 0 Å². The number of carboxylic acid groups (broad SMARTS) is 1. The van der Waals surface area contributed by atoms with Crippen LogP contribution in [-0.2, 0) is 4.79 Å². The van der Waals surface area contributed by atoms with E-state index in [9.17, 15) is 14.4 Å². The van der Waals surface area contributed by atoms with Crippen LogP contribution in [0.4, 0.5) is 9.59 Å². The Morgan fingerprint density at radius 3 is 2.57 bits per heavy atom. The predicted molar refractivity (Wildman–Crippen MR) is 82.8 cm³/mol. The fraction of sp³-hybridized carbons (Fsp3) is 0.267. The van der Waals surface area contributed by atoms with Gasteiger partial charge in [-0.05, 0) is 23.8 Å². The SMILES string of the molecule is O=C(O)N1CCN2C(=O)N(/C=C/c3ccc(Cl)cc3)C(=O)[C@@H]2C1. The molecular formula is C15H14ClN3O4. The van der Waals surface area contributed by atoms with Gasteiger partial charge in [-0.15, -0.1) is 0 Å². The Hall–Kier alpha value is -2.54. The van der Waals surface area contributed by atoms with Crippen molar-refractivity contribution in [1.29, 1.82) is 0 Å². The fourth-order valence-electron chi connectivity index (χ4n) is 2.66. The molecule has 8 heteroatoms. The second-order valence-corrected chi connectivity index (χ2v) is 5.73. The van der Waals surface area contributed by atoms with E-state index in [0.29, 0.717) is 5.02 Å². The quantitative estimate of drug-likeness (QED) is 0.837. The zero-order valence-corrected chi connectivity index (χ0v) is 12.8. The molecule has 2 aliphatic rings. The summed E-state index contributed by atoms with van der Waals surface area (Å²) in [4.78, 5) is 39.3. The van der Waals surface area contributed by atoms with Gasteiger partial charge in [-0.3, -0.25) is 4.79 Å². The summed E-state index contributed by atoms with van der Waals surface area (Å²) >= 11 is 5.81. The van der Waals surface area contributed by atoms with Crippen LogP contribution in [0.5, 0.6) is 0 Å². The molecule has 0 spiro atoms. The fourth-order valence-corrected chi connectivity index (χ4v) is 2.79. The molecule has 1 N–H and O–H groups in total. The molecular weight excluding hydrogens is 322 g/mol. The third-order valence-corrected chi connectivity index (χ3v) is 4.16. The van der Waals surface area contributed by atoms with Gasteiger partial charge in [0, 0.05) is 24.3 Å². The Balaban J connectivity index is 1.76. The molecule has 0 bridgehead atoms. The molecule has 23 heavy (non-hydrogen) atoms. The summed E-state index contributed by atoms with van der Waals surface area (Å²) in [6.07, 6.45) is 1.97. The molecule has 2 fully saturated rings. The van der Waals surface area contributed by atoms with Crippen molar-refractivity contribution in [2.45, 2.75) is 6.04 Å². The first-order valence-corrected chi connectivity index (χ1v) is 7.40. The van der Waals surface area contributed by atoms with Gasteiger partial charge >= 0.3 is 12.1 Å². The molecule has 2 aliphatic heterocycles. The lowest BCUT2D eigenvalue weighted by molar-refractivity contribution is -0.127. The second-order valence-electron chi connectivity index (χ2n) is 5.30. The molecule has 0 aromatic heterocycles. The van der Waals surface area contributed by atoms with Crippen molar-refractivity contribution < 1.29 is 19.5 Å². The first kappa shape index (κ1) is 15.4. The van der Waals surface area contributed by atoms with E-state index in [-0.39, 0.29) is 19.6 Å². The number of carbonyl (C=O) groups excluding carboxylic acids is 2. The average Bonchev–Trinajstić information content (AvgIpc) is 2.78. The smallest absolute Gasteiger partial charge is 0.407 e. The highest BCUT2D eigenvalue weighted by molar-refractivity contribution is 6.30. The van der Waals surface area contributed by atoms with Crippen LogP contribution in [0.2, 0.25) is 5.02 Å². The van der Waals surface area contributed by atoms with Gasteiger partial charge in [0.15, 0.2) is 0 Å². The van der Waals surface area contributed by atoms with Gasteiger partial charge in [0.25, 0.3) is 5.91 Å². The summed E-state index contributed by atoms with van der Waals surface area (Å²) in [6, 6.07) is 5.79. The van der Waals surface area contributed by atoms with Gasteiger partial charge in [-0.1, -0.05) is 23.7 Å². The first-order valence-electron chi connectivity index (χ1n) is 7.02. The molecule has 0 saturated carbocycles. The summed E-state index contributed by atoms with van der Waals surface area (Å²) in [7, 11) is 0. The Morgan fingerprint density at radius 1 is 1.22 bits per heavy atom. The first-order chi connectivity index (χ1) is 11.0. The standard InChI is InChI=1S/C15H14ClN3O4/c16-11-3-1-10(2-4-11)5-6-19-13(20)12-9-17(15(22)23)7-8-18(12)14(19)21/h1-6,12H,7-9H2,(H,22,23)/b6-5+/t12-/m0/s1. The molecule has 2 heterocycles. The highest BCUT2D eigenvalue weighted by Crippen LogP contribution is 2.23. The van der Waals surface area contributed by atoms with Crippen LogP contribution >= 0.6 is 11.6 Å². The van der Waals surface area contributed by atoms with E-state index < -0.39 is 24.1 Å². The number of amides is 4. The van der Waals surface area contributed by atoms with Crippen LogP contribution in [0.25, 0.3) is 6.08 Å². The normalized spacial score (nSPS) is 21.3. The van der Waals surface area contributed by atoms with Gasteiger partial charge < -0.3 is 14.9 Å².